The lowest BCUT2D eigenvalue weighted by Gasteiger charge is -2.25. The fourth-order valence-corrected chi connectivity index (χ4v) is 2.50. The molecule has 0 fully saturated rings. The Labute approximate surface area is 163 Å². The standard InChI is InChI=1S/C18H31FN4.HI/c1-5-20-18(22-14-15(4)23(6-2)7-3)21-13-12-16-8-10-17(19)11-9-16;/h8-11,15H,5-7,12-14H2,1-4H3,(H2,20,21,22);1H. The molecule has 4 nitrogen and oxygen atoms in total. The number of hydrogen-bond acceptors (Lipinski definition) is 2. The molecule has 1 atom stereocenters. The van der Waals surface area contributed by atoms with E-state index in [4.69, 9.17) is 0 Å². The van der Waals surface area contributed by atoms with Gasteiger partial charge in [0.1, 0.15) is 5.82 Å². The van der Waals surface area contributed by atoms with Gasteiger partial charge in [-0.25, -0.2) is 4.39 Å². The minimum Gasteiger partial charge on any atom is -0.357 e. The van der Waals surface area contributed by atoms with Crippen molar-refractivity contribution in [3.8, 4) is 0 Å². The van der Waals surface area contributed by atoms with Crippen LogP contribution in [0.25, 0.3) is 0 Å². The minimum absolute atomic E-state index is 0. The van der Waals surface area contributed by atoms with Crippen LogP contribution in [-0.4, -0.2) is 49.6 Å². The van der Waals surface area contributed by atoms with E-state index in [9.17, 15) is 4.39 Å². The van der Waals surface area contributed by atoms with Gasteiger partial charge in [-0.15, -0.1) is 24.0 Å². The summed E-state index contributed by atoms with van der Waals surface area (Å²) < 4.78 is 12.9. The molecular weight excluding hydrogens is 418 g/mol. The van der Waals surface area contributed by atoms with E-state index in [1.807, 2.05) is 12.1 Å². The molecule has 0 aliphatic carbocycles. The summed E-state index contributed by atoms with van der Waals surface area (Å²) in [6, 6.07) is 7.07. The van der Waals surface area contributed by atoms with Crippen molar-refractivity contribution < 1.29 is 4.39 Å². The fourth-order valence-electron chi connectivity index (χ4n) is 2.50. The van der Waals surface area contributed by atoms with Crippen molar-refractivity contribution in [3.05, 3.63) is 35.6 Å². The molecule has 0 amide bonds. The second kappa shape index (κ2) is 13.4. The first-order valence-corrected chi connectivity index (χ1v) is 8.61. The average Bonchev–Trinajstić information content (AvgIpc) is 2.55. The predicted octanol–water partition coefficient (Wildman–Crippen LogP) is 3.27. The van der Waals surface area contributed by atoms with Crippen LogP contribution in [0.5, 0.6) is 0 Å². The van der Waals surface area contributed by atoms with Gasteiger partial charge >= 0.3 is 0 Å². The Bertz CT molecular complexity index is 461. The van der Waals surface area contributed by atoms with E-state index >= 15 is 0 Å². The second-order valence-corrected chi connectivity index (χ2v) is 5.59. The topological polar surface area (TPSA) is 39.7 Å². The van der Waals surface area contributed by atoms with Crippen LogP contribution in [0.3, 0.4) is 0 Å². The van der Waals surface area contributed by atoms with E-state index in [0.29, 0.717) is 6.04 Å². The number of nitrogens with zero attached hydrogens (tertiary/aromatic N) is 2. The minimum atomic E-state index is -0.193. The Morgan fingerprint density at radius 2 is 1.75 bits per heavy atom. The SMILES string of the molecule is CCNC(=NCC(C)N(CC)CC)NCCc1ccc(F)cc1.I. The first-order chi connectivity index (χ1) is 11.1. The van der Waals surface area contributed by atoms with Gasteiger partial charge in [-0.1, -0.05) is 26.0 Å². The molecule has 0 saturated carbocycles. The monoisotopic (exact) mass is 450 g/mol. The molecule has 0 spiro atoms. The largest absolute Gasteiger partial charge is 0.357 e. The number of likely N-dealkylation sites (N-methyl/N-ethyl adjacent to an activating group) is 1. The zero-order chi connectivity index (χ0) is 17.1. The van der Waals surface area contributed by atoms with Crippen molar-refractivity contribution in [2.45, 2.75) is 40.2 Å². The van der Waals surface area contributed by atoms with Crippen molar-refractivity contribution >= 4 is 29.9 Å². The molecule has 1 aromatic rings. The quantitative estimate of drug-likeness (QED) is 0.345. The van der Waals surface area contributed by atoms with Gasteiger partial charge in [-0.2, -0.15) is 0 Å². The first-order valence-electron chi connectivity index (χ1n) is 8.61. The molecule has 6 heteroatoms. The van der Waals surface area contributed by atoms with Crippen LogP contribution < -0.4 is 10.6 Å². The number of guanidine groups is 1. The van der Waals surface area contributed by atoms with Crippen LogP contribution in [0.2, 0.25) is 0 Å². The van der Waals surface area contributed by atoms with Crippen LogP contribution in [0, 0.1) is 5.82 Å². The zero-order valence-electron chi connectivity index (χ0n) is 15.3. The van der Waals surface area contributed by atoms with Gasteiger partial charge in [0.15, 0.2) is 5.96 Å². The molecule has 0 aliphatic rings. The zero-order valence-corrected chi connectivity index (χ0v) is 17.6. The second-order valence-electron chi connectivity index (χ2n) is 5.59. The molecule has 2 N–H and O–H groups in total. The van der Waals surface area contributed by atoms with Gasteiger partial charge < -0.3 is 10.6 Å². The molecule has 24 heavy (non-hydrogen) atoms. The summed E-state index contributed by atoms with van der Waals surface area (Å²) in [4.78, 5) is 7.06. The lowest BCUT2D eigenvalue weighted by atomic mass is 10.1. The van der Waals surface area contributed by atoms with Crippen LogP contribution in [0.4, 0.5) is 4.39 Å². The maximum atomic E-state index is 12.9. The van der Waals surface area contributed by atoms with Crippen molar-refractivity contribution in [3.63, 3.8) is 0 Å². The van der Waals surface area contributed by atoms with E-state index in [1.165, 1.54) is 12.1 Å². The van der Waals surface area contributed by atoms with Gasteiger partial charge in [-0.05, 0) is 51.1 Å². The number of rotatable bonds is 9. The molecule has 138 valence electrons. The fraction of sp³-hybridized carbons (Fsp3) is 0.611. The molecular formula is C18H32FIN4. The van der Waals surface area contributed by atoms with Gasteiger partial charge in [0.05, 0.1) is 6.54 Å². The highest BCUT2D eigenvalue weighted by atomic mass is 127. The molecule has 0 saturated heterocycles. The molecule has 0 aliphatic heterocycles. The molecule has 1 unspecified atom stereocenters. The normalized spacial score (nSPS) is 12.7. The first kappa shape index (κ1) is 23.1. The highest BCUT2D eigenvalue weighted by molar-refractivity contribution is 14.0. The summed E-state index contributed by atoms with van der Waals surface area (Å²) in [6.45, 7) is 13.1. The molecule has 1 rings (SSSR count). The summed E-state index contributed by atoms with van der Waals surface area (Å²) in [7, 11) is 0. The van der Waals surface area contributed by atoms with Crippen molar-refractivity contribution in [2.24, 2.45) is 4.99 Å². The van der Waals surface area contributed by atoms with E-state index in [1.54, 1.807) is 0 Å². The summed E-state index contributed by atoms with van der Waals surface area (Å²) in [6.07, 6.45) is 0.844. The van der Waals surface area contributed by atoms with Crippen LogP contribution in [0.15, 0.2) is 29.3 Å². The van der Waals surface area contributed by atoms with Crippen molar-refractivity contribution in [2.75, 3.05) is 32.7 Å². The Kier molecular flexibility index (Phi) is 12.9. The molecule has 1 aromatic carbocycles. The highest BCUT2D eigenvalue weighted by Crippen LogP contribution is 2.03. The van der Waals surface area contributed by atoms with Crippen molar-refractivity contribution in [1.29, 1.82) is 0 Å². The summed E-state index contributed by atoms with van der Waals surface area (Å²) in [5.41, 5.74) is 1.12. The predicted molar refractivity (Wildman–Crippen MR) is 112 cm³/mol. The lowest BCUT2D eigenvalue weighted by molar-refractivity contribution is 0.237. The van der Waals surface area contributed by atoms with E-state index < -0.39 is 0 Å². The van der Waals surface area contributed by atoms with E-state index in [-0.39, 0.29) is 29.8 Å². The number of hydrogen-bond donors (Lipinski definition) is 2. The third-order valence-corrected chi connectivity index (χ3v) is 3.91. The molecule has 0 radical (unpaired) electrons. The Morgan fingerprint density at radius 1 is 1.12 bits per heavy atom. The number of halogens is 2. The Morgan fingerprint density at radius 3 is 2.29 bits per heavy atom. The smallest absolute Gasteiger partial charge is 0.191 e. The summed E-state index contributed by atoms with van der Waals surface area (Å²) >= 11 is 0. The highest BCUT2D eigenvalue weighted by Gasteiger charge is 2.09. The van der Waals surface area contributed by atoms with E-state index in [2.05, 4.69) is 48.2 Å². The van der Waals surface area contributed by atoms with Crippen LogP contribution in [0.1, 0.15) is 33.3 Å². The van der Waals surface area contributed by atoms with Gasteiger partial charge in [-0.3, -0.25) is 9.89 Å². The summed E-state index contributed by atoms with van der Waals surface area (Å²) in [5, 5.41) is 6.61. The maximum absolute atomic E-state index is 12.9. The van der Waals surface area contributed by atoms with Crippen LogP contribution in [-0.2, 0) is 6.42 Å². The molecule has 0 heterocycles. The maximum Gasteiger partial charge on any atom is 0.191 e. The number of nitrogens with one attached hydrogen (secondary N) is 2. The van der Waals surface area contributed by atoms with Crippen molar-refractivity contribution in [1.82, 2.24) is 15.5 Å². The average molecular weight is 450 g/mol. The molecule has 0 bridgehead atoms. The van der Waals surface area contributed by atoms with Gasteiger partial charge in [0.25, 0.3) is 0 Å². The Balaban J connectivity index is 0.00000529. The third kappa shape index (κ3) is 8.82. The van der Waals surface area contributed by atoms with E-state index in [0.717, 1.165) is 50.7 Å². The number of aliphatic imine (C=N–C) groups is 1. The molecule has 0 aromatic heterocycles. The van der Waals surface area contributed by atoms with Crippen LogP contribution >= 0.6 is 24.0 Å². The van der Waals surface area contributed by atoms with Gasteiger partial charge in [0.2, 0.25) is 0 Å². The summed E-state index contributed by atoms with van der Waals surface area (Å²) in [5.74, 6) is 0.649. The third-order valence-electron chi connectivity index (χ3n) is 3.91. The lowest BCUT2D eigenvalue weighted by Crippen LogP contribution is -2.40. The Hall–Kier alpha value is -0.890. The number of benzene rings is 1. The van der Waals surface area contributed by atoms with Gasteiger partial charge in [0, 0.05) is 19.1 Å².